The monoisotopic (exact) mass is 657 g/mol. The summed E-state index contributed by atoms with van der Waals surface area (Å²) < 4.78 is 6.86. The first-order valence-corrected chi connectivity index (χ1v) is 18.0. The molecule has 0 fully saturated rings. The minimum atomic E-state index is 0.173. The van der Waals surface area contributed by atoms with Gasteiger partial charge in [0.05, 0.1) is 0 Å². The average Bonchev–Trinajstić information content (AvgIpc) is 3.57. The van der Waals surface area contributed by atoms with Crippen molar-refractivity contribution in [3.8, 4) is 62.2 Å². The second-order valence-electron chi connectivity index (χ2n) is 13.9. The number of aryl methyl sites for hydroxylation is 1. The molecule has 0 bridgehead atoms. The van der Waals surface area contributed by atoms with E-state index in [-0.39, 0.29) is 5.92 Å². The number of ether oxygens (including phenoxy) is 1. The molecule has 1 aliphatic heterocycles. The topological polar surface area (TPSA) is 47.9 Å². The molecular formula is C47H35N3O. The highest BCUT2D eigenvalue weighted by Crippen LogP contribution is 2.54. The third-order valence-electron chi connectivity index (χ3n) is 10.7. The molecule has 0 N–H and O–H groups in total. The van der Waals surface area contributed by atoms with Crippen LogP contribution in [-0.4, -0.2) is 15.0 Å². The number of aromatic nitrogens is 3. The van der Waals surface area contributed by atoms with E-state index in [1.54, 1.807) is 0 Å². The van der Waals surface area contributed by atoms with E-state index in [2.05, 4.69) is 134 Å². The number of benzene rings is 5. The van der Waals surface area contributed by atoms with Gasteiger partial charge in [0, 0.05) is 33.7 Å². The average molecular weight is 658 g/mol. The number of hydrogen-bond acceptors (Lipinski definition) is 4. The molecule has 2 heterocycles. The van der Waals surface area contributed by atoms with Gasteiger partial charge in [-0.3, -0.25) is 0 Å². The van der Waals surface area contributed by atoms with Crippen LogP contribution in [-0.2, 0) is 6.42 Å². The maximum Gasteiger partial charge on any atom is 0.164 e. The minimum absolute atomic E-state index is 0.173. The maximum atomic E-state index is 6.86. The minimum Gasteiger partial charge on any atom is -0.460 e. The molecule has 0 saturated carbocycles. The normalized spacial score (nSPS) is 18.1. The first-order chi connectivity index (χ1) is 25.2. The molecule has 2 atom stereocenters. The van der Waals surface area contributed by atoms with E-state index >= 15 is 0 Å². The smallest absolute Gasteiger partial charge is 0.164 e. The van der Waals surface area contributed by atoms with Crippen molar-refractivity contribution in [3.63, 3.8) is 0 Å². The Morgan fingerprint density at radius 2 is 1.35 bits per heavy atom. The van der Waals surface area contributed by atoms with E-state index in [1.807, 2.05) is 18.2 Å². The van der Waals surface area contributed by atoms with Gasteiger partial charge in [0.25, 0.3) is 0 Å². The molecule has 0 amide bonds. The molecule has 1 aromatic heterocycles. The predicted molar refractivity (Wildman–Crippen MR) is 206 cm³/mol. The predicted octanol–water partition coefficient (Wildman–Crippen LogP) is 11.4. The zero-order chi connectivity index (χ0) is 33.7. The van der Waals surface area contributed by atoms with Crippen molar-refractivity contribution in [1.29, 1.82) is 0 Å². The van der Waals surface area contributed by atoms with Crippen molar-refractivity contribution in [3.05, 3.63) is 174 Å². The third-order valence-corrected chi connectivity index (χ3v) is 10.7. The summed E-state index contributed by atoms with van der Waals surface area (Å²) >= 11 is 0. The Morgan fingerprint density at radius 1 is 0.608 bits per heavy atom. The summed E-state index contributed by atoms with van der Waals surface area (Å²) in [5, 5.41) is 0. The SMILES string of the molecule is C1=CCC2CC3C(=CC2=C1)Oc1c(-c2cccc(-c4ccccc4)c2)cc(-c2nc(-c4ccccc4)nc(-c4ccc5c(c4)C=CCC5)n2)cc13. The van der Waals surface area contributed by atoms with E-state index in [1.165, 1.54) is 33.4 Å². The Hall–Kier alpha value is -6.13. The summed E-state index contributed by atoms with van der Waals surface area (Å²) in [6, 6.07) is 40.7. The van der Waals surface area contributed by atoms with Gasteiger partial charge in [0.15, 0.2) is 17.5 Å². The number of nitrogens with zero attached hydrogens (tertiary/aromatic N) is 3. The number of hydrogen-bond donors (Lipinski definition) is 0. The second-order valence-corrected chi connectivity index (χ2v) is 13.9. The van der Waals surface area contributed by atoms with Gasteiger partial charge in [-0.25, -0.2) is 15.0 Å². The highest BCUT2D eigenvalue weighted by atomic mass is 16.5. The van der Waals surface area contributed by atoms with Crippen LogP contribution in [0.3, 0.4) is 0 Å². The van der Waals surface area contributed by atoms with Gasteiger partial charge in [-0.15, -0.1) is 0 Å². The van der Waals surface area contributed by atoms with Crippen molar-refractivity contribution < 1.29 is 4.74 Å². The Balaban J connectivity index is 1.17. The van der Waals surface area contributed by atoms with Gasteiger partial charge in [-0.2, -0.15) is 0 Å². The van der Waals surface area contributed by atoms with Crippen molar-refractivity contribution in [2.75, 3.05) is 0 Å². The van der Waals surface area contributed by atoms with Gasteiger partial charge < -0.3 is 4.74 Å². The van der Waals surface area contributed by atoms with Crippen LogP contribution in [0.15, 0.2) is 157 Å². The Bertz CT molecular complexity index is 2460. The standard InChI is InChI=1S/C47H35N3O/c1-3-12-30(13-4-1)34-20-11-21-37(24-34)40-27-39(28-42-41-26-35-18-9-10-19-36(35)29-43(41)51-44(40)42)47-49-45(32-15-5-2-6-16-32)48-46(50-47)38-23-22-31-14-7-8-17-33(31)25-38/h1-6,8-13,15-17,19-25,27-29,35,41H,7,14,18,26H2. The van der Waals surface area contributed by atoms with E-state index in [0.717, 1.165) is 65.0 Å². The van der Waals surface area contributed by atoms with Crippen LogP contribution in [0.2, 0.25) is 0 Å². The summed E-state index contributed by atoms with van der Waals surface area (Å²) in [4.78, 5) is 15.5. The van der Waals surface area contributed by atoms with Gasteiger partial charge in [0.2, 0.25) is 0 Å². The zero-order valence-corrected chi connectivity index (χ0v) is 28.2. The summed E-state index contributed by atoms with van der Waals surface area (Å²) in [6.07, 6.45) is 17.7. The fourth-order valence-corrected chi connectivity index (χ4v) is 8.04. The lowest BCUT2D eigenvalue weighted by atomic mass is 9.76. The van der Waals surface area contributed by atoms with Gasteiger partial charge in [-0.05, 0) is 95.3 Å². The van der Waals surface area contributed by atoms with E-state index in [9.17, 15) is 0 Å². The van der Waals surface area contributed by atoms with Gasteiger partial charge in [-0.1, -0.05) is 121 Å². The zero-order valence-electron chi connectivity index (χ0n) is 28.2. The number of allylic oxidation sites excluding steroid dienone is 7. The van der Waals surface area contributed by atoms with Crippen molar-refractivity contribution in [1.82, 2.24) is 15.0 Å². The number of rotatable bonds is 5. The molecule has 5 aromatic carbocycles. The molecule has 0 radical (unpaired) electrons. The summed E-state index contributed by atoms with van der Waals surface area (Å²) in [5.74, 6) is 4.62. The van der Waals surface area contributed by atoms with Gasteiger partial charge >= 0.3 is 0 Å². The summed E-state index contributed by atoms with van der Waals surface area (Å²) in [7, 11) is 0. The van der Waals surface area contributed by atoms with E-state index < -0.39 is 0 Å². The maximum absolute atomic E-state index is 6.86. The summed E-state index contributed by atoms with van der Waals surface area (Å²) in [5.41, 5.74) is 12.6. The van der Waals surface area contributed by atoms with Crippen LogP contribution in [0.4, 0.5) is 0 Å². The first kappa shape index (κ1) is 29.8. The van der Waals surface area contributed by atoms with Crippen molar-refractivity contribution in [2.45, 2.75) is 31.6 Å². The van der Waals surface area contributed by atoms with Crippen molar-refractivity contribution in [2.24, 2.45) is 5.92 Å². The van der Waals surface area contributed by atoms with Crippen LogP contribution >= 0.6 is 0 Å². The molecule has 0 spiro atoms. The van der Waals surface area contributed by atoms with Crippen LogP contribution in [0, 0.1) is 5.92 Å². The summed E-state index contributed by atoms with van der Waals surface area (Å²) in [6.45, 7) is 0. The van der Waals surface area contributed by atoms with Crippen LogP contribution in [0.1, 0.15) is 41.9 Å². The van der Waals surface area contributed by atoms with E-state index in [0.29, 0.717) is 23.4 Å². The molecule has 4 nitrogen and oxygen atoms in total. The third kappa shape index (κ3) is 5.44. The quantitative estimate of drug-likeness (QED) is 0.185. The molecular weight excluding hydrogens is 623 g/mol. The van der Waals surface area contributed by atoms with Gasteiger partial charge in [0.1, 0.15) is 11.5 Å². The first-order valence-electron chi connectivity index (χ1n) is 18.0. The van der Waals surface area contributed by atoms with Crippen molar-refractivity contribution >= 4 is 6.08 Å². The molecule has 10 rings (SSSR count). The van der Waals surface area contributed by atoms with Crippen LogP contribution in [0.5, 0.6) is 5.75 Å². The Labute approximate surface area is 298 Å². The highest BCUT2D eigenvalue weighted by Gasteiger charge is 2.38. The second kappa shape index (κ2) is 12.3. The Kier molecular flexibility index (Phi) is 7.19. The lowest BCUT2D eigenvalue weighted by Gasteiger charge is -2.27. The fraction of sp³-hybridized carbons (Fsp3) is 0.128. The lowest BCUT2D eigenvalue weighted by Crippen LogP contribution is -2.16. The largest absolute Gasteiger partial charge is 0.460 e. The number of fused-ring (bicyclic) bond motifs is 5. The fourth-order valence-electron chi connectivity index (χ4n) is 8.04. The molecule has 244 valence electrons. The lowest BCUT2D eigenvalue weighted by molar-refractivity contribution is 0.389. The molecule has 3 aliphatic carbocycles. The van der Waals surface area contributed by atoms with E-state index in [4.69, 9.17) is 19.7 Å². The highest BCUT2D eigenvalue weighted by molar-refractivity contribution is 5.83. The molecule has 6 aromatic rings. The Morgan fingerprint density at radius 3 is 2.20 bits per heavy atom. The van der Waals surface area contributed by atoms with Crippen LogP contribution in [0.25, 0.3) is 62.5 Å². The molecule has 0 saturated heterocycles. The molecule has 4 heteroatoms. The molecule has 4 aliphatic rings. The molecule has 2 unspecified atom stereocenters. The van der Waals surface area contributed by atoms with Crippen LogP contribution < -0.4 is 4.74 Å². The molecule has 51 heavy (non-hydrogen) atoms.